The molecule has 27 heavy (non-hydrogen) atoms. The molecule has 0 radical (unpaired) electrons. The van der Waals surface area contributed by atoms with Gasteiger partial charge in [-0.15, -0.1) is 10.2 Å². The molecular formula is C19H21N5O2S. The van der Waals surface area contributed by atoms with E-state index >= 15 is 0 Å². The van der Waals surface area contributed by atoms with Crippen LogP contribution < -0.4 is 4.90 Å². The van der Waals surface area contributed by atoms with E-state index in [-0.39, 0.29) is 10.9 Å². The molecule has 0 unspecified atom stereocenters. The van der Waals surface area contributed by atoms with Gasteiger partial charge in [-0.1, -0.05) is 30.3 Å². The highest BCUT2D eigenvalue weighted by molar-refractivity contribution is 7.90. The fraction of sp³-hybridized carbons (Fsp3) is 0.316. The number of hydrogen-bond donors (Lipinski definition) is 0. The Balaban J connectivity index is 1.57. The van der Waals surface area contributed by atoms with Gasteiger partial charge in [-0.3, -0.25) is 0 Å². The summed E-state index contributed by atoms with van der Waals surface area (Å²) in [5.74, 6) is 2.60. The van der Waals surface area contributed by atoms with Gasteiger partial charge in [0.1, 0.15) is 11.6 Å². The molecule has 3 aromatic rings. The van der Waals surface area contributed by atoms with Crippen molar-refractivity contribution in [3.05, 3.63) is 65.9 Å². The molecule has 0 saturated carbocycles. The van der Waals surface area contributed by atoms with Crippen LogP contribution in [0.3, 0.4) is 0 Å². The predicted molar refractivity (Wildman–Crippen MR) is 102 cm³/mol. The number of nitrogens with zero attached hydrogens (tertiary/aromatic N) is 5. The first kappa shape index (κ1) is 17.7. The zero-order chi connectivity index (χ0) is 19.0. The first-order chi connectivity index (χ1) is 12.9. The molecular weight excluding hydrogens is 362 g/mol. The standard InChI is InChI=1S/C19H21N5O2S/c1-14-12-23(17-9-8-16(11-20-17)27(2,25)26)13-19-22-21-18(24(14)19)10-15-6-4-3-5-7-15/h3-9,11,14H,10,12-13H2,1-2H3/t14-/m0/s1. The smallest absolute Gasteiger partial charge is 0.177 e. The van der Waals surface area contributed by atoms with E-state index in [1.54, 1.807) is 12.1 Å². The number of anilines is 1. The summed E-state index contributed by atoms with van der Waals surface area (Å²) in [5.41, 5.74) is 1.21. The second-order valence-electron chi connectivity index (χ2n) is 6.92. The van der Waals surface area contributed by atoms with E-state index in [1.165, 1.54) is 18.0 Å². The van der Waals surface area contributed by atoms with Gasteiger partial charge in [-0.25, -0.2) is 13.4 Å². The minimum absolute atomic E-state index is 0.193. The van der Waals surface area contributed by atoms with Crippen LogP contribution in [0.1, 0.15) is 30.2 Å². The molecule has 2 aromatic heterocycles. The van der Waals surface area contributed by atoms with Crippen molar-refractivity contribution in [2.75, 3.05) is 17.7 Å². The van der Waals surface area contributed by atoms with Gasteiger partial charge in [-0.05, 0) is 24.6 Å². The van der Waals surface area contributed by atoms with Crippen molar-refractivity contribution >= 4 is 15.7 Å². The van der Waals surface area contributed by atoms with E-state index in [2.05, 4.69) is 43.7 Å². The van der Waals surface area contributed by atoms with E-state index in [4.69, 9.17) is 0 Å². The Bertz CT molecular complexity index is 1050. The van der Waals surface area contributed by atoms with Crippen molar-refractivity contribution in [3.8, 4) is 0 Å². The van der Waals surface area contributed by atoms with Crippen molar-refractivity contribution in [2.24, 2.45) is 0 Å². The van der Waals surface area contributed by atoms with Crippen LogP contribution in [0.25, 0.3) is 0 Å². The molecule has 0 bridgehead atoms. The lowest BCUT2D eigenvalue weighted by Gasteiger charge is -2.33. The highest BCUT2D eigenvalue weighted by atomic mass is 32.2. The molecule has 4 rings (SSSR count). The predicted octanol–water partition coefficient (Wildman–Crippen LogP) is 2.25. The maximum atomic E-state index is 11.6. The molecule has 0 saturated heterocycles. The topological polar surface area (TPSA) is 81.0 Å². The van der Waals surface area contributed by atoms with Crippen molar-refractivity contribution in [2.45, 2.75) is 30.8 Å². The zero-order valence-electron chi connectivity index (χ0n) is 15.3. The van der Waals surface area contributed by atoms with E-state index in [0.29, 0.717) is 6.54 Å². The highest BCUT2D eigenvalue weighted by Gasteiger charge is 2.27. The average Bonchev–Trinajstić information content (AvgIpc) is 3.05. The molecule has 7 nitrogen and oxygen atoms in total. The van der Waals surface area contributed by atoms with Crippen LogP contribution in [0.4, 0.5) is 5.82 Å². The van der Waals surface area contributed by atoms with Crippen LogP contribution in [0.2, 0.25) is 0 Å². The van der Waals surface area contributed by atoms with Gasteiger partial charge in [-0.2, -0.15) is 0 Å². The van der Waals surface area contributed by atoms with Gasteiger partial charge in [0.05, 0.1) is 17.5 Å². The number of sulfone groups is 1. The molecule has 140 valence electrons. The SMILES string of the molecule is C[C@H]1CN(c2ccc(S(C)(=O)=O)cn2)Cc2nnc(Cc3ccccc3)n21. The lowest BCUT2D eigenvalue weighted by Crippen LogP contribution is -2.37. The van der Waals surface area contributed by atoms with Gasteiger partial charge in [0.25, 0.3) is 0 Å². The van der Waals surface area contributed by atoms with E-state index in [9.17, 15) is 8.42 Å². The third-order valence-electron chi connectivity index (χ3n) is 4.77. The van der Waals surface area contributed by atoms with Gasteiger partial charge < -0.3 is 9.47 Å². The monoisotopic (exact) mass is 383 g/mol. The average molecular weight is 383 g/mol. The van der Waals surface area contributed by atoms with E-state index in [1.807, 2.05) is 18.2 Å². The van der Waals surface area contributed by atoms with E-state index < -0.39 is 9.84 Å². The Labute approximate surface area is 158 Å². The van der Waals surface area contributed by atoms with Crippen LogP contribution in [-0.2, 0) is 22.8 Å². The van der Waals surface area contributed by atoms with Crippen LogP contribution in [0.5, 0.6) is 0 Å². The maximum Gasteiger partial charge on any atom is 0.177 e. The van der Waals surface area contributed by atoms with Crippen LogP contribution >= 0.6 is 0 Å². The van der Waals surface area contributed by atoms with Gasteiger partial charge >= 0.3 is 0 Å². The number of fused-ring (bicyclic) bond motifs is 1. The number of aromatic nitrogens is 4. The second-order valence-corrected chi connectivity index (χ2v) is 8.93. The third-order valence-corrected chi connectivity index (χ3v) is 5.87. The molecule has 0 N–H and O–H groups in total. The van der Waals surface area contributed by atoms with Crippen molar-refractivity contribution in [3.63, 3.8) is 0 Å². The van der Waals surface area contributed by atoms with Crippen LogP contribution in [-0.4, -0.2) is 41.0 Å². The van der Waals surface area contributed by atoms with Crippen LogP contribution in [0, 0.1) is 0 Å². The van der Waals surface area contributed by atoms with E-state index in [0.717, 1.165) is 30.4 Å². The summed E-state index contributed by atoms with van der Waals surface area (Å²) < 4.78 is 25.4. The van der Waals surface area contributed by atoms with Crippen LogP contribution in [0.15, 0.2) is 53.6 Å². The summed E-state index contributed by atoms with van der Waals surface area (Å²) in [7, 11) is -3.24. The minimum atomic E-state index is -3.24. The van der Waals surface area contributed by atoms with Crippen molar-refractivity contribution in [1.82, 2.24) is 19.7 Å². The molecule has 3 heterocycles. The molecule has 1 aliphatic rings. The van der Waals surface area contributed by atoms with Gasteiger partial charge in [0, 0.05) is 25.4 Å². The summed E-state index contributed by atoms with van der Waals surface area (Å²) in [6.07, 6.45) is 3.35. The molecule has 0 spiro atoms. The minimum Gasteiger partial charge on any atom is -0.347 e. The summed E-state index contributed by atoms with van der Waals surface area (Å²) in [4.78, 5) is 6.67. The lowest BCUT2D eigenvalue weighted by atomic mass is 10.1. The molecule has 0 aliphatic carbocycles. The molecule has 0 amide bonds. The Morgan fingerprint density at radius 3 is 2.56 bits per heavy atom. The Hall–Kier alpha value is -2.74. The van der Waals surface area contributed by atoms with Crippen molar-refractivity contribution < 1.29 is 8.42 Å². The van der Waals surface area contributed by atoms with Crippen molar-refractivity contribution in [1.29, 1.82) is 0 Å². The fourth-order valence-corrected chi connectivity index (χ4v) is 4.03. The third kappa shape index (κ3) is 3.57. The number of rotatable bonds is 4. The zero-order valence-corrected chi connectivity index (χ0v) is 16.1. The summed E-state index contributed by atoms with van der Waals surface area (Å²) >= 11 is 0. The number of benzene rings is 1. The maximum absolute atomic E-state index is 11.6. The summed E-state index contributed by atoms with van der Waals surface area (Å²) in [6, 6.07) is 13.8. The van der Waals surface area contributed by atoms with Gasteiger partial charge in [0.15, 0.2) is 15.7 Å². The number of pyridine rings is 1. The molecule has 1 atom stereocenters. The Morgan fingerprint density at radius 2 is 1.89 bits per heavy atom. The Kier molecular flexibility index (Phi) is 4.43. The Morgan fingerprint density at radius 1 is 1.11 bits per heavy atom. The highest BCUT2D eigenvalue weighted by Crippen LogP contribution is 2.26. The first-order valence-electron chi connectivity index (χ1n) is 8.79. The fourth-order valence-electron chi connectivity index (χ4n) is 3.47. The lowest BCUT2D eigenvalue weighted by molar-refractivity contribution is 0.449. The normalized spacial score (nSPS) is 17.0. The summed E-state index contributed by atoms with van der Waals surface area (Å²) in [6.45, 7) is 3.49. The summed E-state index contributed by atoms with van der Waals surface area (Å²) in [5, 5.41) is 8.79. The quantitative estimate of drug-likeness (QED) is 0.687. The number of hydrogen-bond acceptors (Lipinski definition) is 6. The largest absolute Gasteiger partial charge is 0.347 e. The second kappa shape index (κ2) is 6.77. The molecule has 8 heteroatoms. The molecule has 1 aliphatic heterocycles. The van der Waals surface area contributed by atoms with Gasteiger partial charge in [0.2, 0.25) is 0 Å². The molecule has 1 aromatic carbocycles. The first-order valence-corrected chi connectivity index (χ1v) is 10.7. The molecule has 0 fully saturated rings.